The van der Waals surface area contributed by atoms with Crippen molar-refractivity contribution in [3.8, 4) is 0 Å². The maximum absolute atomic E-state index is 6.20. The van der Waals surface area contributed by atoms with Gasteiger partial charge in [0.05, 0.1) is 38.6 Å². The van der Waals surface area contributed by atoms with E-state index in [1.165, 1.54) is 51.4 Å². The van der Waals surface area contributed by atoms with Gasteiger partial charge in [-0.3, -0.25) is 0 Å². The summed E-state index contributed by atoms with van der Waals surface area (Å²) in [6.45, 7) is 13.4. The van der Waals surface area contributed by atoms with Crippen LogP contribution < -0.4 is 0 Å². The number of ether oxygens (including phenoxy) is 4. The molecule has 2 saturated carbocycles. The standard InChI is InChI=1S/C25H44O4/c1-5-17-11-19(26-13-21-15-28-21)7-9-23(17)25(3,4)24-10-8-20(12-18(24)6-2)27-14-22-16-29-22/h17-24H,5-16H2,1-4H3. The van der Waals surface area contributed by atoms with Gasteiger partial charge in [0, 0.05) is 0 Å². The van der Waals surface area contributed by atoms with Gasteiger partial charge in [-0.15, -0.1) is 0 Å². The fourth-order valence-electron chi connectivity index (χ4n) is 6.70. The molecule has 0 aromatic carbocycles. The van der Waals surface area contributed by atoms with E-state index in [4.69, 9.17) is 18.9 Å². The zero-order chi connectivity index (χ0) is 20.4. The van der Waals surface area contributed by atoms with Crippen LogP contribution in [0.1, 0.15) is 79.1 Å². The lowest BCUT2D eigenvalue weighted by Crippen LogP contribution is -2.46. The lowest BCUT2D eigenvalue weighted by atomic mass is 9.54. The normalized spacial score (nSPS) is 42.6. The van der Waals surface area contributed by atoms with Crippen molar-refractivity contribution in [2.45, 2.75) is 103 Å². The number of rotatable bonds is 10. The Morgan fingerprint density at radius 3 is 1.48 bits per heavy atom. The highest BCUT2D eigenvalue weighted by molar-refractivity contribution is 4.96. The molecule has 4 rings (SSSR count). The average Bonchev–Trinajstić information content (AvgIpc) is 3.64. The quantitative estimate of drug-likeness (QED) is 0.464. The summed E-state index contributed by atoms with van der Waals surface area (Å²) < 4.78 is 23.1. The summed E-state index contributed by atoms with van der Waals surface area (Å²) in [6, 6.07) is 0. The minimum absolute atomic E-state index is 0.387. The maximum atomic E-state index is 6.20. The van der Waals surface area contributed by atoms with Crippen LogP contribution in [0.2, 0.25) is 0 Å². The summed E-state index contributed by atoms with van der Waals surface area (Å²) in [5.74, 6) is 3.23. The van der Waals surface area contributed by atoms with Crippen LogP contribution in [0.15, 0.2) is 0 Å². The third-order valence-electron chi connectivity index (χ3n) is 8.67. The number of epoxide rings is 2. The van der Waals surface area contributed by atoms with Gasteiger partial charge in [-0.2, -0.15) is 0 Å². The van der Waals surface area contributed by atoms with Crippen LogP contribution in [0.4, 0.5) is 0 Å². The van der Waals surface area contributed by atoms with Gasteiger partial charge in [-0.05, 0) is 67.6 Å². The first-order valence-corrected chi connectivity index (χ1v) is 12.5. The summed E-state index contributed by atoms with van der Waals surface area (Å²) in [4.78, 5) is 0. The van der Waals surface area contributed by atoms with E-state index in [0.29, 0.717) is 29.8 Å². The Balaban J connectivity index is 1.34. The van der Waals surface area contributed by atoms with E-state index in [2.05, 4.69) is 27.7 Å². The van der Waals surface area contributed by atoms with Crippen LogP contribution in [-0.2, 0) is 18.9 Å². The van der Waals surface area contributed by atoms with Gasteiger partial charge in [0.1, 0.15) is 12.2 Å². The van der Waals surface area contributed by atoms with Gasteiger partial charge in [0.2, 0.25) is 0 Å². The molecule has 0 spiro atoms. The van der Waals surface area contributed by atoms with Gasteiger partial charge in [-0.25, -0.2) is 0 Å². The second-order valence-corrected chi connectivity index (χ2v) is 10.8. The fraction of sp³-hybridized carbons (Fsp3) is 1.00. The molecule has 4 aliphatic rings. The molecule has 0 aromatic heterocycles. The first-order valence-electron chi connectivity index (χ1n) is 12.5. The van der Waals surface area contributed by atoms with Crippen molar-refractivity contribution in [1.29, 1.82) is 0 Å². The summed E-state index contributed by atoms with van der Waals surface area (Å²) in [5, 5.41) is 0. The van der Waals surface area contributed by atoms with Crippen LogP contribution in [0.25, 0.3) is 0 Å². The lowest BCUT2D eigenvalue weighted by molar-refractivity contribution is -0.0810. The van der Waals surface area contributed by atoms with E-state index < -0.39 is 0 Å². The van der Waals surface area contributed by atoms with Crippen LogP contribution in [0.5, 0.6) is 0 Å². The van der Waals surface area contributed by atoms with Crippen molar-refractivity contribution in [2.75, 3.05) is 26.4 Å². The Hall–Kier alpha value is -0.160. The summed E-state index contributed by atoms with van der Waals surface area (Å²) >= 11 is 0. The summed E-state index contributed by atoms with van der Waals surface area (Å²) in [5.41, 5.74) is 0.399. The maximum Gasteiger partial charge on any atom is 0.104 e. The predicted octanol–water partition coefficient (Wildman–Crippen LogP) is 5.23. The Bertz CT molecular complexity index is 469. The molecule has 168 valence electrons. The molecule has 0 amide bonds. The molecule has 8 unspecified atom stereocenters. The Labute approximate surface area is 178 Å². The molecule has 0 radical (unpaired) electrons. The second-order valence-electron chi connectivity index (χ2n) is 10.8. The molecule has 4 heteroatoms. The molecule has 4 nitrogen and oxygen atoms in total. The smallest absolute Gasteiger partial charge is 0.104 e. The molecule has 8 atom stereocenters. The molecular weight excluding hydrogens is 364 g/mol. The molecule has 29 heavy (non-hydrogen) atoms. The van der Waals surface area contributed by atoms with Crippen LogP contribution in [0, 0.1) is 29.1 Å². The van der Waals surface area contributed by atoms with Gasteiger partial charge in [-0.1, -0.05) is 40.5 Å². The molecule has 2 aliphatic heterocycles. The van der Waals surface area contributed by atoms with E-state index in [1.54, 1.807) is 0 Å². The molecular formula is C25H44O4. The fourth-order valence-corrected chi connectivity index (χ4v) is 6.70. The van der Waals surface area contributed by atoms with Crippen molar-refractivity contribution >= 4 is 0 Å². The van der Waals surface area contributed by atoms with E-state index >= 15 is 0 Å². The molecule has 2 aliphatic carbocycles. The van der Waals surface area contributed by atoms with E-state index in [9.17, 15) is 0 Å². The van der Waals surface area contributed by atoms with Gasteiger partial charge in [0.15, 0.2) is 0 Å². The van der Waals surface area contributed by atoms with Gasteiger partial charge < -0.3 is 18.9 Å². The molecule has 2 saturated heterocycles. The number of hydrogen-bond donors (Lipinski definition) is 0. The molecule has 0 aromatic rings. The zero-order valence-electron chi connectivity index (χ0n) is 19.2. The van der Waals surface area contributed by atoms with Crippen molar-refractivity contribution in [2.24, 2.45) is 29.1 Å². The third-order valence-corrected chi connectivity index (χ3v) is 8.67. The minimum atomic E-state index is 0.387. The first kappa shape index (κ1) is 22.0. The Morgan fingerprint density at radius 1 is 0.724 bits per heavy atom. The average molecular weight is 409 g/mol. The SMILES string of the molecule is CCC1CC(OCC2CO2)CCC1C(C)(C)C1CCC(OCC2CO2)CC1CC. The molecule has 4 fully saturated rings. The Kier molecular flexibility index (Phi) is 7.26. The van der Waals surface area contributed by atoms with Crippen LogP contribution in [-0.4, -0.2) is 50.8 Å². The first-order chi connectivity index (χ1) is 14.0. The van der Waals surface area contributed by atoms with Crippen LogP contribution >= 0.6 is 0 Å². The van der Waals surface area contributed by atoms with Gasteiger partial charge in [0.25, 0.3) is 0 Å². The van der Waals surface area contributed by atoms with Crippen molar-refractivity contribution in [3.05, 3.63) is 0 Å². The van der Waals surface area contributed by atoms with Crippen molar-refractivity contribution in [3.63, 3.8) is 0 Å². The third kappa shape index (κ3) is 5.56. The predicted molar refractivity (Wildman–Crippen MR) is 115 cm³/mol. The van der Waals surface area contributed by atoms with E-state index in [0.717, 1.165) is 50.1 Å². The monoisotopic (exact) mass is 408 g/mol. The summed E-state index contributed by atoms with van der Waals surface area (Å²) in [6.07, 6.45) is 11.8. The molecule has 0 bridgehead atoms. The lowest BCUT2D eigenvalue weighted by Gasteiger charge is -2.52. The highest BCUT2D eigenvalue weighted by atomic mass is 16.6. The van der Waals surface area contributed by atoms with Gasteiger partial charge >= 0.3 is 0 Å². The van der Waals surface area contributed by atoms with Crippen molar-refractivity contribution < 1.29 is 18.9 Å². The highest BCUT2D eigenvalue weighted by Gasteiger charge is 2.47. The number of hydrogen-bond acceptors (Lipinski definition) is 4. The minimum Gasteiger partial charge on any atom is -0.375 e. The topological polar surface area (TPSA) is 43.5 Å². The van der Waals surface area contributed by atoms with E-state index in [1.807, 2.05) is 0 Å². The largest absolute Gasteiger partial charge is 0.375 e. The van der Waals surface area contributed by atoms with E-state index in [-0.39, 0.29) is 0 Å². The zero-order valence-corrected chi connectivity index (χ0v) is 19.2. The summed E-state index contributed by atoms with van der Waals surface area (Å²) in [7, 11) is 0. The Morgan fingerprint density at radius 2 is 1.14 bits per heavy atom. The molecule has 0 N–H and O–H groups in total. The van der Waals surface area contributed by atoms with Crippen LogP contribution in [0.3, 0.4) is 0 Å². The second kappa shape index (κ2) is 9.54. The van der Waals surface area contributed by atoms with Crippen molar-refractivity contribution in [1.82, 2.24) is 0 Å². The highest BCUT2D eigenvalue weighted by Crippen LogP contribution is 2.54. The molecule has 2 heterocycles.